The molecule has 0 fully saturated rings. The molecule has 0 aliphatic carbocycles. The van der Waals surface area contributed by atoms with Gasteiger partial charge in [0, 0.05) is 23.5 Å². The summed E-state index contributed by atoms with van der Waals surface area (Å²) in [6.45, 7) is 0.643. The minimum Gasteiger partial charge on any atom is -0.412 e. The predicted octanol–water partition coefficient (Wildman–Crippen LogP) is 4.32. The third kappa shape index (κ3) is 3.87. The number of halogens is 2. The number of hydrogen-bond donors (Lipinski definition) is 1. The minimum absolute atomic E-state index is 0.191. The van der Waals surface area contributed by atoms with Gasteiger partial charge in [0.25, 0.3) is 5.56 Å². The van der Waals surface area contributed by atoms with Crippen molar-refractivity contribution in [3.05, 3.63) is 93.0 Å². The molecular formula is C24H18Cl2N6O2. The lowest BCUT2D eigenvalue weighted by Gasteiger charge is -2.14. The van der Waals surface area contributed by atoms with E-state index in [0.717, 1.165) is 15.9 Å². The van der Waals surface area contributed by atoms with E-state index in [-0.39, 0.29) is 17.0 Å². The van der Waals surface area contributed by atoms with Crippen LogP contribution in [0.2, 0.25) is 10.0 Å². The van der Waals surface area contributed by atoms with Gasteiger partial charge in [0.05, 0.1) is 27.5 Å². The molecule has 10 heteroatoms. The highest BCUT2D eigenvalue weighted by molar-refractivity contribution is 6.39. The van der Waals surface area contributed by atoms with Gasteiger partial charge in [0.2, 0.25) is 0 Å². The molecule has 5 rings (SSSR count). The Balaban J connectivity index is 1.62. The Hall–Kier alpha value is -3.88. The quantitative estimate of drug-likeness (QED) is 0.392. The molecule has 0 atom stereocenters. The fourth-order valence-corrected chi connectivity index (χ4v) is 4.35. The maximum absolute atomic E-state index is 13.3. The number of anilines is 1. The number of fused-ring (bicyclic) bond motifs is 1. The predicted molar refractivity (Wildman–Crippen MR) is 133 cm³/mol. The third-order valence-electron chi connectivity index (χ3n) is 5.38. The standard InChI is InChI=1S/C24H18Cl2N6O2/c1-34-32-23-17(12-16(24(32)33)20-18(25)4-2-5-19(20)26)21(27)29-22(30-23)15-8-6-14(7-9-15)13-31-11-3-10-28-31/h2-12H,13H2,1H3,(H2,27,29,30). The molecule has 0 radical (unpaired) electrons. The number of hydrogen-bond acceptors (Lipinski definition) is 6. The van der Waals surface area contributed by atoms with Gasteiger partial charge in [-0.3, -0.25) is 9.48 Å². The van der Waals surface area contributed by atoms with E-state index in [0.29, 0.717) is 33.4 Å². The van der Waals surface area contributed by atoms with Crippen LogP contribution < -0.4 is 16.1 Å². The Labute approximate surface area is 204 Å². The molecule has 0 bridgehead atoms. The van der Waals surface area contributed by atoms with Crippen LogP contribution in [-0.2, 0) is 6.54 Å². The van der Waals surface area contributed by atoms with E-state index in [4.69, 9.17) is 33.8 Å². The normalized spacial score (nSPS) is 11.1. The summed E-state index contributed by atoms with van der Waals surface area (Å²) < 4.78 is 2.90. The Morgan fingerprint density at radius 2 is 1.76 bits per heavy atom. The Morgan fingerprint density at radius 1 is 1.03 bits per heavy atom. The number of rotatable bonds is 5. The monoisotopic (exact) mass is 492 g/mol. The average molecular weight is 493 g/mol. The first-order valence-electron chi connectivity index (χ1n) is 10.2. The molecule has 34 heavy (non-hydrogen) atoms. The summed E-state index contributed by atoms with van der Waals surface area (Å²) in [5.74, 6) is 0.556. The number of pyridine rings is 1. The SMILES string of the molecule is COn1c(=O)c(-c2c(Cl)cccc2Cl)cc2c(N)nc(-c3ccc(Cn4cccn4)cc3)nc21. The molecule has 0 aliphatic heterocycles. The van der Waals surface area contributed by atoms with Gasteiger partial charge in [0.1, 0.15) is 12.9 Å². The summed E-state index contributed by atoms with van der Waals surface area (Å²) >= 11 is 12.7. The number of benzene rings is 2. The van der Waals surface area contributed by atoms with E-state index < -0.39 is 5.56 Å². The zero-order chi connectivity index (χ0) is 23.8. The molecule has 0 aliphatic rings. The van der Waals surface area contributed by atoms with Crippen molar-refractivity contribution < 1.29 is 4.84 Å². The molecule has 3 heterocycles. The topological polar surface area (TPSA) is 101 Å². The number of nitrogens with two attached hydrogens (primary N) is 1. The first kappa shape index (κ1) is 21.9. The lowest BCUT2D eigenvalue weighted by Crippen LogP contribution is -2.27. The maximum atomic E-state index is 13.3. The second kappa shape index (κ2) is 8.81. The highest BCUT2D eigenvalue weighted by atomic mass is 35.5. The smallest absolute Gasteiger partial charge is 0.293 e. The molecule has 0 amide bonds. The van der Waals surface area contributed by atoms with Crippen LogP contribution in [0.5, 0.6) is 0 Å². The second-order valence-electron chi connectivity index (χ2n) is 7.51. The van der Waals surface area contributed by atoms with Crippen molar-refractivity contribution in [2.24, 2.45) is 0 Å². The number of aromatic nitrogens is 5. The molecule has 0 saturated carbocycles. The number of nitrogens with zero attached hydrogens (tertiary/aromatic N) is 5. The lowest BCUT2D eigenvalue weighted by molar-refractivity contribution is 0.168. The van der Waals surface area contributed by atoms with Gasteiger partial charge in [-0.15, -0.1) is 4.73 Å². The lowest BCUT2D eigenvalue weighted by atomic mass is 10.1. The van der Waals surface area contributed by atoms with Crippen molar-refractivity contribution in [2.75, 3.05) is 12.8 Å². The zero-order valence-corrected chi connectivity index (χ0v) is 19.5. The molecular weight excluding hydrogens is 475 g/mol. The van der Waals surface area contributed by atoms with Crippen molar-refractivity contribution in [2.45, 2.75) is 6.54 Å². The van der Waals surface area contributed by atoms with Crippen LogP contribution in [0, 0.1) is 0 Å². The van der Waals surface area contributed by atoms with Crippen molar-refractivity contribution >= 4 is 40.1 Å². The zero-order valence-electron chi connectivity index (χ0n) is 17.9. The fraction of sp³-hybridized carbons (Fsp3) is 0.0833. The van der Waals surface area contributed by atoms with E-state index in [1.165, 1.54) is 7.11 Å². The van der Waals surface area contributed by atoms with Crippen molar-refractivity contribution in [1.29, 1.82) is 0 Å². The van der Waals surface area contributed by atoms with Crippen LogP contribution in [0.1, 0.15) is 5.56 Å². The van der Waals surface area contributed by atoms with Gasteiger partial charge in [-0.2, -0.15) is 5.10 Å². The van der Waals surface area contributed by atoms with Gasteiger partial charge < -0.3 is 10.6 Å². The van der Waals surface area contributed by atoms with E-state index in [1.807, 2.05) is 41.2 Å². The largest absolute Gasteiger partial charge is 0.412 e. The Morgan fingerprint density at radius 3 is 2.41 bits per heavy atom. The summed E-state index contributed by atoms with van der Waals surface area (Å²) in [5, 5.41) is 5.32. The molecule has 5 aromatic rings. The highest BCUT2D eigenvalue weighted by Gasteiger charge is 2.20. The highest BCUT2D eigenvalue weighted by Crippen LogP contribution is 2.34. The summed E-state index contributed by atoms with van der Waals surface area (Å²) in [5.41, 5.74) is 8.51. The van der Waals surface area contributed by atoms with Crippen LogP contribution in [0.4, 0.5) is 5.82 Å². The Bertz CT molecular complexity index is 1540. The molecule has 3 aromatic heterocycles. The molecule has 8 nitrogen and oxygen atoms in total. The van der Waals surface area contributed by atoms with Crippen LogP contribution in [0.15, 0.2) is 71.8 Å². The summed E-state index contributed by atoms with van der Waals surface area (Å²) in [7, 11) is 1.38. The van der Waals surface area contributed by atoms with Gasteiger partial charge in [-0.1, -0.05) is 53.5 Å². The first-order valence-corrected chi connectivity index (χ1v) is 11.0. The first-order chi connectivity index (χ1) is 16.5. The minimum atomic E-state index is -0.469. The molecule has 0 unspecified atom stereocenters. The maximum Gasteiger partial charge on any atom is 0.293 e. The van der Waals surface area contributed by atoms with Crippen molar-refractivity contribution in [3.8, 4) is 22.5 Å². The van der Waals surface area contributed by atoms with Crippen LogP contribution in [0.25, 0.3) is 33.5 Å². The van der Waals surface area contributed by atoms with Crippen LogP contribution >= 0.6 is 23.2 Å². The van der Waals surface area contributed by atoms with Gasteiger partial charge in [0.15, 0.2) is 11.5 Å². The van der Waals surface area contributed by atoms with E-state index >= 15 is 0 Å². The molecule has 2 N–H and O–H groups in total. The van der Waals surface area contributed by atoms with E-state index in [1.54, 1.807) is 30.5 Å². The fourth-order valence-electron chi connectivity index (χ4n) is 3.75. The Kier molecular flexibility index (Phi) is 5.69. The molecule has 0 saturated heterocycles. The number of nitrogen functional groups attached to an aromatic ring is 1. The van der Waals surface area contributed by atoms with Crippen molar-refractivity contribution in [3.63, 3.8) is 0 Å². The van der Waals surface area contributed by atoms with Gasteiger partial charge in [-0.05, 0) is 29.8 Å². The van der Waals surface area contributed by atoms with E-state index in [9.17, 15) is 4.79 Å². The summed E-state index contributed by atoms with van der Waals surface area (Å²) in [4.78, 5) is 27.7. The molecule has 170 valence electrons. The van der Waals surface area contributed by atoms with Crippen molar-refractivity contribution in [1.82, 2.24) is 24.5 Å². The van der Waals surface area contributed by atoms with E-state index in [2.05, 4.69) is 15.1 Å². The summed E-state index contributed by atoms with van der Waals surface area (Å²) in [6, 6.07) is 16.2. The average Bonchev–Trinajstić information content (AvgIpc) is 3.33. The van der Waals surface area contributed by atoms with Crippen LogP contribution in [-0.4, -0.2) is 31.6 Å². The third-order valence-corrected chi connectivity index (χ3v) is 6.01. The molecule has 0 spiro atoms. The second-order valence-corrected chi connectivity index (χ2v) is 8.32. The summed E-state index contributed by atoms with van der Waals surface area (Å²) in [6.07, 6.45) is 3.63. The van der Waals surface area contributed by atoms with Crippen LogP contribution in [0.3, 0.4) is 0 Å². The molecule has 2 aromatic carbocycles. The van der Waals surface area contributed by atoms with Gasteiger partial charge >= 0.3 is 0 Å². The van der Waals surface area contributed by atoms with Gasteiger partial charge in [-0.25, -0.2) is 9.97 Å².